The molecule has 5 heteroatoms. The van der Waals surface area contributed by atoms with Crippen LogP contribution in [0.25, 0.3) is 55.0 Å². The Morgan fingerprint density at radius 1 is 0.385 bits per heavy atom. The van der Waals surface area contributed by atoms with E-state index < -0.39 is 0 Å². The zero-order valence-corrected chi connectivity index (χ0v) is 38.9. The topological polar surface area (TPSA) is 22.3 Å². The number of rotatable bonds is 3. The Balaban J connectivity index is 1.19. The molecule has 65 heavy (non-hydrogen) atoms. The van der Waals surface area contributed by atoms with Gasteiger partial charge in [0.2, 0.25) is 0 Å². The summed E-state index contributed by atoms with van der Waals surface area (Å²) in [5.41, 5.74) is 18.0. The zero-order chi connectivity index (χ0) is 44.7. The number of ether oxygens (including phenoxy) is 1. The van der Waals surface area contributed by atoms with Gasteiger partial charge >= 0.3 is 0 Å². The third kappa shape index (κ3) is 5.97. The predicted molar refractivity (Wildman–Crippen MR) is 277 cm³/mol. The van der Waals surface area contributed by atoms with Crippen LogP contribution in [0.4, 0.5) is 17.1 Å². The number of fused-ring (bicyclic) bond motifs is 10. The molecule has 8 aromatic carbocycles. The first-order valence-electron chi connectivity index (χ1n) is 23.2. The number of nitrogens with zero attached hydrogens (tertiary/aromatic N) is 3. The van der Waals surface area contributed by atoms with Crippen molar-refractivity contribution in [2.24, 2.45) is 0 Å². The molecule has 0 fully saturated rings. The third-order valence-corrected chi connectivity index (χ3v) is 14.2. The molecular formula is C60H54BN3O. The minimum atomic E-state index is -0.0347. The van der Waals surface area contributed by atoms with Crippen LogP contribution in [0, 0.1) is 0 Å². The lowest BCUT2D eigenvalue weighted by atomic mass is 9.33. The second-order valence-corrected chi connectivity index (χ2v) is 21.5. The maximum Gasteiger partial charge on any atom is 0.256 e. The van der Waals surface area contributed by atoms with Gasteiger partial charge in [-0.05, 0) is 104 Å². The Hall–Kier alpha value is -6.98. The molecule has 0 unspecified atom stereocenters. The normalized spacial score (nSPS) is 13.7. The lowest BCUT2D eigenvalue weighted by molar-refractivity contribution is 0.486. The first-order valence-corrected chi connectivity index (χ1v) is 23.2. The highest BCUT2D eigenvalue weighted by atomic mass is 16.5. The number of aromatic nitrogens is 2. The second kappa shape index (κ2) is 13.8. The molecule has 4 heterocycles. The molecule has 2 aliphatic rings. The number of para-hydroxylation sites is 4. The first-order chi connectivity index (χ1) is 31.1. The van der Waals surface area contributed by atoms with Crippen LogP contribution >= 0.6 is 0 Å². The maximum atomic E-state index is 7.29. The summed E-state index contributed by atoms with van der Waals surface area (Å²) in [5.74, 6) is 1.81. The summed E-state index contributed by atoms with van der Waals surface area (Å²) in [6.45, 7) is 20.7. The maximum absolute atomic E-state index is 7.29. The SMILES string of the molecule is CC(C)(C)c1ccc(N2c3ccc(C(C)(C)C)cc3B3c4cc(C(C)(C)C)ccc4Oc4cc(-n5c6ccccc6c6cccc(-n7c8ccccc8c8ccccc87)c65)cc2c43)cc1. The molecule has 0 spiro atoms. The molecule has 12 rings (SSSR count). The summed E-state index contributed by atoms with van der Waals surface area (Å²) in [4.78, 5) is 2.51. The van der Waals surface area contributed by atoms with Crippen LogP contribution in [-0.4, -0.2) is 15.8 Å². The standard InChI is InChI=1S/C60H54BN3O/c1-58(2,3)37-25-29-40(30-26-37)62-51-31-27-38(59(4,5)6)33-46(51)61-47-34-39(60(7,8)9)28-32-54(47)65-55-36-41(35-53(62)56(55)61)63-48-21-13-12-19-44(48)45-20-16-24-52(57(45)63)64-49-22-14-10-17-42(49)43-18-11-15-23-50(43)64/h10-36H,1-9H3. The van der Waals surface area contributed by atoms with Crippen molar-refractivity contribution in [2.45, 2.75) is 78.6 Å². The van der Waals surface area contributed by atoms with Gasteiger partial charge in [-0.3, -0.25) is 0 Å². The Kier molecular flexibility index (Phi) is 8.39. The van der Waals surface area contributed by atoms with Crippen molar-refractivity contribution in [3.8, 4) is 22.9 Å². The fourth-order valence-corrected chi connectivity index (χ4v) is 10.8. The van der Waals surface area contributed by atoms with E-state index in [1.165, 1.54) is 71.3 Å². The Bertz CT molecular complexity index is 3530. The van der Waals surface area contributed by atoms with Gasteiger partial charge in [-0.2, -0.15) is 0 Å². The van der Waals surface area contributed by atoms with E-state index >= 15 is 0 Å². The highest BCUT2D eigenvalue weighted by Crippen LogP contribution is 2.46. The first kappa shape index (κ1) is 39.6. The highest BCUT2D eigenvalue weighted by molar-refractivity contribution is 6.99. The fourth-order valence-electron chi connectivity index (χ4n) is 10.8. The van der Waals surface area contributed by atoms with Gasteiger partial charge in [-0.1, -0.05) is 165 Å². The second-order valence-electron chi connectivity index (χ2n) is 21.5. The molecule has 0 radical (unpaired) electrons. The van der Waals surface area contributed by atoms with Gasteiger partial charge < -0.3 is 18.8 Å². The molecule has 0 saturated heterocycles. The van der Waals surface area contributed by atoms with Crippen LogP contribution in [0.1, 0.15) is 79.0 Å². The number of hydrogen-bond donors (Lipinski definition) is 0. The minimum absolute atomic E-state index is 0.0248. The summed E-state index contributed by atoms with van der Waals surface area (Å²) in [7, 11) is 0. The molecule has 2 aliphatic heterocycles. The Labute approximate surface area is 382 Å². The summed E-state index contributed by atoms with van der Waals surface area (Å²) >= 11 is 0. The van der Waals surface area contributed by atoms with Crippen molar-refractivity contribution in [1.29, 1.82) is 0 Å². The number of benzene rings is 8. The van der Waals surface area contributed by atoms with Gasteiger partial charge in [0.05, 0.1) is 33.4 Å². The molecular weight excluding hydrogens is 789 g/mol. The van der Waals surface area contributed by atoms with E-state index in [1.807, 2.05) is 0 Å². The van der Waals surface area contributed by atoms with Crippen LogP contribution < -0.4 is 26.0 Å². The molecule has 0 atom stereocenters. The molecule has 318 valence electrons. The van der Waals surface area contributed by atoms with Crippen LogP contribution in [0.15, 0.2) is 164 Å². The van der Waals surface area contributed by atoms with E-state index in [0.717, 1.165) is 45.3 Å². The van der Waals surface area contributed by atoms with Gasteiger partial charge in [-0.15, -0.1) is 0 Å². The molecule has 0 aliphatic carbocycles. The molecule has 2 aromatic heterocycles. The third-order valence-electron chi connectivity index (χ3n) is 14.2. The van der Waals surface area contributed by atoms with Crippen molar-refractivity contribution >= 4 is 83.8 Å². The van der Waals surface area contributed by atoms with Crippen molar-refractivity contribution in [2.75, 3.05) is 4.90 Å². The van der Waals surface area contributed by atoms with E-state index in [9.17, 15) is 0 Å². The van der Waals surface area contributed by atoms with Crippen LogP contribution in [-0.2, 0) is 16.2 Å². The molecule has 10 aromatic rings. The summed E-state index contributed by atoms with van der Waals surface area (Å²) in [5, 5.41) is 4.91. The van der Waals surface area contributed by atoms with Gasteiger partial charge in [0, 0.05) is 44.7 Å². The smallest absolute Gasteiger partial charge is 0.256 e. The van der Waals surface area contributed by atoms with E-state index in [2.05, 4.69) is 240 Å². The van der Waals surface area contributed by atoms with Crippen LogP contribution in [0.2, 0.25) is 0 Å². The molecule has 0 bridgehead atoms. The Morgan fingerprint density at radius 2 is 0.908 bits per heavy atom. The Morgan fingerprint density at radius 3 is 1.52 bits per heavy atom. The number of hydrogen-bond acceptors (Lipinski definition) is 2. The summed E-state index contributed by atoms with van der Waals surface area (Å²) in [6.07, 6.45) is 0. The minimum Gasteiger partial charge on any atom is -0.458 e. The fraction of sp³-hybridized carbons (Fsp3) is 0.200. The molecule has 0 saturated carbocycles. The predicted octanol–water partition coefficient (Wildman–Crippen LogP) is 14.2. The van der Waals surface area contributed by atoms with Crippen molar-refractivity contribution in [1.82, 2.24) is 9.13 Å². The monoisotopic (exact) mass is 843 g/mol. The quantitative estimate of drug-likeness (QED) is 0.165. The van der Waals surface area contributed by atoms with Gasteiger partial charge in [0.1, 0.15) is 11.5 Å². The van der Waals surface area contributed by atoms with Crippen LogP contribution in [0.5, 0.6) is 11.5 Å². The van der Waals surface area contributed by atoms with Crippen molar-refractivity contribution in [3.63, 3.8) is 0 Å². The van der Waals surface area contributed by atoms with Crippen molar-refractivity contribution < 1.29 is 4.74 Å². The van der Waals surface area contributed by atoms with E-state index in [-0.39, 0.29) is 23.0 Å². The van der Waals surface area contributed by atoms with E-state index in [1.54, 1.807) is 0 Å². The largest absolute Gasteiger partial charge is 0.458 e. The average molecular weight is 844 g/mol. The van der Waals surface area contributed by atoms with Crippen LogP contribution in [0.3, 0.4) is 0 Å². The number of anilines is 3. The molecule has 0 amide bonds. The zero-order valence-electron chi connectivity index (χ0n) is 38.9. The lowest BCUT2D eigenvalue weighted by Crippen LogP contribution is -2.60. The van der Waals surface area contributed by atoms with Gasteiger partial charge in [0.25, 0.3) is 6.71 Å². The van der Waals surface area contributed by atoms with E-state index in [0.29, 0.717) is 0 Å². The lowest BCUT2D eigenvalue weighted by Gasteiger charge is -2.41. The molecule has 4 nitrogen and oxygen atoms in total. The van der Waals surface area contributed by atoms with Crippen molar-refractivity contribution in [3.05, 3.63) is 180 Å². The summed E-state index contributed by atoms with van der Waals surface area (Å²) in [6, 6.07) is 61.4. The van der Waals surface area contributed by atoms with Gasteiger partial charge in [0.15, 0.2) is 0 Å². The average Bonchev–Trinajstić information content (AvgIpc) is 3.81. The summed E-state index contributed by atoms with van der Waals surface area (Å²) < 4.78 is 12.2. The highest BCUT2D eigenvalue weighted by Gasteiger charge is 2.43. The van der Waals surface area contributed by atoms with Gasteiger partial charge in [-0.25, -0.2) is 0 Å². The molecule has 0 N–H and O–H groups in total. The van der Waals surface area contributed by atoms with E-state index in [4.69, 9.17) is 4.74 Å².